The first kappa shape index (κ1) is 19.7. The molecule has 0 aromatic heterocycles. The van der Waals surface area contributed by atoms with Gasteiger partial charge in [0.15, 0.2) is 0 Å². The molecule has 0 aliphatic heterocycles. The highest BCUT2D eigenvalue weighted by Crippen LogP contribution is 2.12. The van der Waals surface area contributed by atoms with E-state index in [4.69, 9.17) is 9.84 Å². The Morgan fingerprint density at radius 2 is 1.69 bits per heavy atom. The third kappa shape index (κ3) is 7.94. The summed E-state index contributed by atoms with van der Waals surface area (Å²) in [6.07, 6.45) is 1.37. The van der Waals surface area contributed by atoms with Crippen molar-refractivity contribution in [3.8, 4) is 0 Å². The molecule has 0 saturated heterocycles. The van der Waals surface area contributed by atoms with Gasteiger partial charge in [-0.25, -0.2) is 0 Å². The number of ketones is 1. The van der Waals surface area contributed by atoms with Crippen LogP contribution in [0.3, 0.4) is 0 Å². The summed E-state index contributed by atoms with van der Waals surface area (Å²) in [4.78, 5) is 21.8. The molecule has 0 bridgehead atoms. The molecule has 0 heterocycles. The van der Waals surface area contributed by atoms with E-state index in [0.29, 0.717) is 26.1 Å². The van der Waals surface area contributed by atoms with Gasteiger partial charge in [-0.1, -0.05) is 42.5 Å². The molecule has 5 heteroatoms. The Labute approximate surface area is 154 Å². The SMILES string of the molecule is O=C(O)CC(=O)CCCc1ccc(NCCOCc2ccccc2)cc1. The molecule has 0 saturated carbocycles. The van der Waals surface area contributed by atoms with E-state index in [9.17, 15) is 9.59 Å². The molecule has 0 unspecified atom stereocenters. The quantitative estimate of drug-likeness (QED) is 0.449. The van der Waals surface area contributed by atoms with Crippen LogP contribution in [0.15, 0.2) is 54.6 Å². The molecule has 5 nitrogen and oxygen atoms in total. The monoisotopic (exact) mass is 355 g/mol. The molecule has 138 valence electrons. The Hall–Kier alpha value is -2.66. The van der Waals surface area contributed by atoms with Gasteiger partial charge in [0, 0.05) is 18.7 Å². The molecule has 0 spiro atoms. The molecular formula is C21H25NO4. The number of aliphatic carboxylic acids is 1. The molecular weight excluding hydrogens is 330 g/mol. The number of hydrogen-bond donors (Lipinski definition) is 2. The number of aryl methyl sites for hydroxylation is 1. The maximum atomic E-state index is 11.4. The van der Waals surface area contributed by atoms with E-state index >= 15 is 0 Å². The second-order valence-electron chi connectivity index (χ2n) is 6.12. The van der Waals surface area contributed by atoms with Gasteiger partial charge in [-0.05, 0) is 36.1 Å². The van der Waals surface area contributed by atoms with Gasteiger partial charge in [-0.3, -0.25) is 9.59 Å². The van der Waals surface area contributed by atoms with E-state index in [-0.39, 0.29) is 12.2 Å². The number of carbonyl (C=O) groups is 2. The minimum absolute atomic E-state index is 0.216. The number of hydrogen-bond acceptors (Lipinski definition) is 4. The number of ether oxygens (including phenoxy) is 1. The van der Waals surface area contributed by atoms with Crippen molar-refractivity contribution in [3.63, 3.8) is 0 Å². The van der Waals surface area contributed by atoms with Crippen LogP contribution in [0.5, 0.6) is 0 Å². The van der Waals surface area contributed by atoms with Gasteiger partial charge < -0.3 is 15.2 Å². The molecule has 0 atom stereocenters. The van der Waals surface area contributed by atoms with Crippen LogP contribution in [-0.4, -0.2) is 30.0 Å². The van der Waals surface area contributed by atoms with Crippen LogP contribution in [0, 0.1) is 0 Å². The molecule has 26 heavy (non-hydrogen) atoms. The lowest BCUT2D eigenvalue weighted by atomic mass is 10.1. The van der Waals surface area contributed by atoms with Crippen LogP contribution in [0.2, 0.25) is 0 Å². The van der Waals surface area contributed by atoms with Gasteiger partial charge in [0.1, 0.15) is 12.2 Å². The average molecular weight is 355 g/mol. The normalized spacial score (nSPS) is 10.5. The lowest BCUT2D eigenvalue weighted by Crippen LogP contribution is -2.09. The molecule has 2 aromatic rings. The van der Waals surface area contributed by atoms with Crippen molar-refractivity contribution in [3.05, 3.63) is 65.7 Å². The van der Waals surface area contributed by atoms with Crippen molar-refractivity contribution in [2.75, 3.05) is 18.5 Å². The molecule has 0 aliphatic rings. The summed E-state index contributed by atoms with van der Waals surface area (Å²) >= 11 is 0. The Morgan fingerprint density at radius 3 is 2.38 bits per heavy atom. The molecule has 2 rings (SSSR count). The van der Waals surface area contributed by atoms with Crippen molar-refractivity contribution in [2.24, 2.45) is 0 Å². The highest BCUT2D eigenvalue weighted by molar-refractivity contribution is 5.94. The van der Waals surface area contributed by atoms with Gasteiger partial charge in [0.05, 0.1) is 13.2 Å². The summed E-state index contributed by atoms with van der Waals surface area (Å²) in [7, 11) is 0. The smallest absolute Gasteiger partial charge is 0.310 e. The summed E-state index contributed by atoms with van der Waals surface area (Å²) in [5, 5.41) is 11.9. The zero-order chi connectivity index (χ0) is 18.6. The van der Waals surface area contributed by atoms with Crippen molar-refractivity contribution in [1.82, 2.24) is 0 Å². The van der Waals surface area contributed by atoms with Crippen molar-refractivity contribution >= 4 is 17.4 Å². The predicted octanol–water partition coefficient (Wildman–Crippen LogP) is 3.68. The number of anilines is 1. The number of benzene rings is 2. The van der Waals surface area contributed by atoms with E-state index < -0.39 is 5.97 Å². The summed E-state index contributed by atoms with van der Waals surface area (Å²) in [6, 6.07) is 18.1. The Kier molecular flexibility index (Phi) is 8.36. The number of carboxylic acids is 1. The minimum Gasteiger partial charge on any atom is -0.481 e. The molecule has 2 aromatic carbocycles. The van der Waals surface area contributed by atoms with Crippen LogP contribution < -0.4 is 5.32 Å². The van der Waals surface area contributed by atoms with Crippen molar-refractivity contribution < 1.29 is 19.4 Å². The van der Waals surface area contributed by atoms with Crippen LogP contribution in [0.1, 0.15) is 30.4 Å². The average Bonchev–Trinajstić information content (AvgIpc) is 2.63. The molecule has 2 N–H and O–H groups in total. The Morgan fingerprint density at radius 1 is 0.962 bits per heavy atom. The van der Waals surface area contributed by atoms with Gasteiger partial charge >= 0.3 is 5.97 Å². The van der Waals surface area contributed by atoms with Crippen LogP contribution >= 0.6 is 0 Å². The van der Waals surface area contributed by atoms with Gasteiger partial charge in [-0.2, -0.15) is 0 Å². The van der Waals surface area contributed by atoms with Crippen LogP contribution in [0.25, 0.3) is 0 Å². The van der Waals surface area contributed by atoms with Crippen molar-refractivity contribution in [2.45, 2.75) is 32.3 Å². The fourth-order valence-electron chi connectivity index (χ4n) is 2.57. The molecule has 0 amide bonds. The topological polar surface area (TPSA) is 75.6 Å². The standard InChI is InChI=1S/C21H25NO4/c23-20(15-21(24)25)8-4-7-17-9-11-19(12-10-17)22-13-14-26-16-18-5-2-1-3-6-18/h1-3,5-6,9-12,22H,4,7-8,13-16H2,(H,24,25). The lowest BCUT2D eigenvalue weighted by molar-refractivity contribution is -0.140. The highest BCUT2D eigenvalue weighted by Gasteiger charge is 2.07. The van der Waals surface area contributed by atoms with E-state index in [1.54, 1.807) is 0 Å². The van der Waals surface area contributed by atoms with E-state index in [0.717, 1.165) is 24.2 Å². The van der Waals surface area contributed by atoms with E-state index in [1.807, 2.05) is 54.6 Å². The zero-order valence-corrected chi connectivity index (χ0v) is 14.8. The number of rotatable bonds is 12. The summed E-state index contributed by atoms with van der Waals surface area (Å²) in [5.74, 6) is -1.27. The third-order valence-corrected chi connectivity index (χ3v) is 3.91. The van der Waals surface area contributed by atoms with Crippen LogP contribution in [-0.2, 0) is 27.4 Å². The molecule has 0 aliphatic carbocycles. The predicted molar refractivity (Wildman–Crippen MR) is 101 cm³/mol. The maximum Gasteiger partial charge on any atom is 0.310 e. The first-order valence-corrected chi connectivity index (χ1v) is 8.81. The van der Waals surface area contributed by atoms with E-state index in [1.165, 1.54) is 5.56 Å². The van der Waals surface area contributed by atoms with Crippen molar-refractivity contribution in [1.29, 1.82) is 0 Å². The number of carbonyl (C=O) groups excluding carboxylic acids is 1. The Bertz CT molecular complexity index is 683. The largest absolute Gasteiger partial charge is 0.481 e. The van der Waals surface area contributed by atoms with E-state index in [2.05, 4.69) is 5.32 Å². The second kappa shape index (κ2) is 11.1. The first-order valence-electron chi connectivity index (χ1n) is 8.81. The fraction of sp³-hybridized carbons (Fsp3) is 0.333. The van der Waals surface area contributed by atoms with Crippen LogP contribution in [0.4, 0.5) is 5.69 Å². The highest BCUT2D eigenvalue weighted by atomic mass is 16.5. The summed E-state index contributed by atoms with van der Waals surface area (Å²) in [5.41, 5.74) is 3.33. The summed E-state index contributed by atoms with van der Waals surface area (Å²) in [6.45, 7) is 1.97. The molecule has 0 fully saturated rings. The van der Waals surface area contributed by atoms with Gasteiger partial charge in [0.2, 0.25) is 0 Å². The second-order valence-corrected chi connectivity index (χ2v) is 6.12. The van der Waals surface area contributed by atoms with Gasteiger partial charge in [-0.15, -0.1) is 0 Å². The van der Waals surface area contributed by atoms with Gasteiger partial charge in [0.25, 0.3) is 0 Å². The number of Topliss-reactive ketones (excluding diaryl/α,β-unsaturated/α-hetero) is 1. The fourth-order valence-corrected chi connectivity index (χ4v) is 2.57. The first-order chi connectivity index (χ1) is 12.6. The lowest BCUT2D eigenvalue weighted by Gasteiger charge is -2.08. The number of carboxylic acid groups (broad SMARTS) is 1. The number of nitrogens with one attached hydrogen (secondary N) is 1. The maximum absolute atomic E-state index is 11.4. The zero-order valence-electron chi connectivity index (χ0n) is 14.8. The Balaban J connectivity index is 1.59. The minimum atomic E-state index is -1.06. The summed E-state index contributed by atoms with van der Waals surface area (Å²) < 4.78 is 5.63. The third-order valence-electron chi connectivity index (χ3n) is 3.91. The molecule has 0 radical (unpaired) electrons.